The monoisotopic (exact) mass is 307 g/mol. The summed E-state index contributed by atoms with van der Waals surface area (Å²) in [6, 6.07) is 4.81. The first-order valence-electron chi connectivity index (χ1n) is 7.88. The van der Waals surface area contributed by atoms with Crippen molar-refractivity contribution in [2.45, 2.75) is 26.3 Å². The molecule has 1 saturated heterocycles. The number of hydrogen-bond acceptors (Lipinski definition) is 5. The summed E-state index contributed by atoms with van der Waals surface area (Å²) in [6.45, 7) is 7.00. The Kier molecular flexibility index (Phi) is 6.15. The number of hydrogen-bond donors (Lipinski definition) is 1. The van der Waals surface area contributed by atoms with E-state index in [0.717, 1.165) is 43.4 Å². The first-order valence-corrected chi connectivity index (χ1v) is 7.88. The molecule has 0 amide bonds. The van der Waals surface area contributed by atoms with Crippen molar-refractivity contribution in [3.63, 3.8) is 0 Å². The molecule has 6 heteroatoms. The smallest absolute Gasteiger partial charge is 0.270 e. The first-order chi connectivity index (χ1) is 10.6. The van der Waals surface area contributed by atoms with Crippen molar-refractivity contribution in [1.29, 1.82) is 0 Å². The van der Waals surface area contributed by atoms with Crippen LogP contribution in [0.5, 0.6) is 5.75 Å². The van der Waals surface area contributed by atoms with Crippen LogP contribution >= 0.6 is 0 Å². The van der Waals surface area contributed by atoms with Crippen LogP contribution in [-0.4, -0.2) is 43.1 Å². The molecule has 0 spiro atoms. The van der Waals surface area contributed by atoms with Gasteiger partial charge < -0.3 is 10.1 Å². The van der Waals surface area contributed by atoms with Gasteiger partial charge in [-0.1, -0.05) is 6.92 Å². The molecule has 0 unspecified atom stereocenters. The van der Waals surface area contributed by atoms with E-state index in [2.05, 4.69) is 17.1 Å². The Morgan fingerprint density at radius 2 is 2.14 bits per heavy atom. The number of nitrogens with one attached hydrogen (secondary N) is 1. The van der Waals surface area contributed by atoms with Crippen molar-refractivity contribution >= 4 is 5.69 Å². The molecule has 0 radical (unpaired) electrons. The molecule has 1 aliphatic rings. The van der Waals surface area contributed by atoms with E-state index in [0.29, 0.717) is 6.54 Å². The number of benzene rings is 1. The molecule has 6 nitrogen and oxygen atoms in total. The van der Waals surface area contributed by atoms with Crippen LogP contribution in [0, 0.1) is 16.0 Å². The van der Waals surface area contributed by atoms with E-state index in [4.69, 9.17) is 4.74 Å². The molecule has 0 bridgehead atoms. The van der Waals surface area contributed by atoms with Gasteiger partial charge in [0, 0.05) is 24.2 Å². The highest BCUT2D eigenvalue weighted by Gasteiger charge is 2.20. The number of nitro groups is 1. The van der Waals surface area contributed by atoms with Crippen LogP contribution in [0.15, 0.2) is 18.2 Å². The predicted octanol–water partition coefficient (Wildman–Crippen LogP) is 2.42. The number of rotatable bonds is 7. The fourth-order valence-electron chi connectivity index (χ4n) is 2.94. The van der Waals surface area contributed by atoms with Gasteiger partial charge in [0.05, 0.1) is 12.0 Å². The van der Waals surface area contributed by atoms with Gasteiger partial charge in [-0.05, 0) is 51.0 Å². The molecule has 122 valence electrons. The van der Waals surface area contributed by atoms with E-state index in [9.17, 15) is 10.1 Å². The minimum Gasteiger partial charge on any atom is -0.496 e. The molecule has 2 rings (SSSR count). The number of ether oxygens (including phenoxy) is 1. The second-order valence-corrected chi connectivity index (χ2v) is 5.78. The van der Waals surface area contributed by atoms with Gasteiger partial charge in [-0.3, -0.25) is 15.0 Å². The molecular formula is C16H25N3O3. The molecule has 1 aromatic carbocycles. The van der Waals surface area contributed by atoms with Crippen molar-refractivity contribution in [3.8, 4) is 5.75 Å². The molecule has 1 aliphatic heterocycles. The molecule has 1 fully saturated rings. The summed E-state index contributed by atoms with van der Waals surface area (Å²) in [5, 5.41) is 14.3. The fourth-order valence-corrected chi connectivity index (χ4v) is 2.94. The van der Waals surface area contributed by atoms with Gasteiger partial charge in [-0.2, -0.15) is 0 Å². The fraction of sp³-hybridized carbons (Fsp3) is 0.625. The largest absolute Gasteiger partial charge is 0.496 e. The predicted molar refractivity (Wildman–Crippen MR) is 86.2 cm³/mol. The lowest BCUT2D eigenvalue weighted by Gasteiger charge is -2.32. The highest BCUT2D eigenvalue weighted by molar-refractivity contribution is 5.43. The van der Waals surface area contributed by atoms with Crippen LogP contribution < -0.4 is 10.1 Å². The van der Waals surface area contributed by atoms with Gasteiger partial charge in [-0.15, -0.1) is 0 Å². The number of likely N-dealkylation sites (tertiary alicyclic amines) is 1. The van der Waals surface area contributed by atoms with Crippen LogP contribution in [-0.2, 0) is 6.54 Å². The maximum absolute atomic E-state index is 10.9. The highest BCUT2D eigenvalue weighted by atomic mass is 16.6. The van der Waals surface area contributed by atoms with Gasteiger partial charge in [-0.25, -0.2) is 0 Å². The summed E-state index contributed by atoms with van der Waals surface area (Å²) < 4.78 is 5.34. The second-order valence-electron chi connectivity index (χ2n) is 5.78. The molecular weight excluding hydrogens is 282 g/mol. The van der Waals surface area contributed by atoms with Crippen molar-refractivity contribution in [3.05, 3.63) is 33.9 Å². The van der Waals surface area contributed by atoms with Crippen LogP contribution in [0.4, 0.5) is 5.69 Å². The van der Waals surface area contributed by atoms with Gasteiger partial charge in [0.25, 0.3) is 5.69 Å². The maximum atomic E-state index is 10.9. The van der Waals surface area contributed by atoms with E-state index >= 15 is 0 Å². The van der Waals surface area contributed by atoms with E-state index in [1.165, 1.54) is 18.9 Å². The summed E-state index contributed by atoms with van der Waals surface area (Å²) in [7, 11) is 1.60. The summed E-state index contributed by atoms with van der Waals surface area (Å²) in [6.07, 6.45) is 2.34. The zero-order valence-electron chi connectivity index (χ0n) is 13.4. The zero-order chi connectivity index (χ0) is 15.9. The minimum atomic E-state index is -0.356. The Bertz CT molecular complexity index is 499. The second kappa shape index (κ2) is 8.10. The summed E-state index contributed by atoms with van der Waals surface area (Å²) >= 11 is 0. The number of piperidine rings is 1. The third-order valence-electron chi connectivity index (χ3n) is 4.26. The normalized spacial score (nSPS) is 16.6. The Morgan fingerprint density at radius 3 is 2.73 bits per heavy atom. The topological polar surface area (TPSA) is 67.6 Å². The molecule has 0 aromatic heterocycles. The Balaban J connectivity index is 1.96. The van der Waals surface area contributed by atoms with Crippen LogP contribution in [0.2, 0.25) is 0 Å². The highest BCUT2D eigenvalue weighted by Crippen LogP contribution is 2.27. The minimum absolute atomic E-state index is 0.123. The SMILES string of the molecule is CCNCC1CCN(Cc2cc([N+](=O)[O-])ccc2OC)CC1. The molecule has 0 aliphatic carbocycles. The van der Waals surface area contributed by atoms with Crippen LogP contribution in [0.25, 0.3) is 0 Å². The summed E-state index contributed by atoms with van der Waals surface area (Å²) in [5.41, 5.74) is 1.01. The molecule has 0 saturated carbocycles. The van der Waals surface area contributed by atoms with Gasteiger partial charge in [0.1, 0.15) is 5.75 Å². The Hall–Kier alpha value is -1.66. The number of nitrogens with zero attached hydrogens (tertiary/aromatic N) is 2. The first kappa shape index (κ1) is 16.7. The third-order valence-corrected chi connectivity index (χ3v) is 4.26. The number of non-ortho nitro benzene ring substituents is 1. The van der Waals surface area contributed by atoms with Gasteiger partial charge in [0.2, 0.25) is 0 Å². The van der Waals surface area contributed by atoms with E-state index in [1.807, 2.05) is 0 Å². The average Bonchev–Trinajstić information content (AvgIpc) is 2.54. The third kappa shape index (κ3) is 4.42. The quantitative estimate of drug-likeness (QED) is 0.619. The van der Waals surface area contributed by atoms with E-state index in [1.54, 1.807) is 19.2 Å². The molecule has 22 heavy (non-hydrogen) atoms. The lowest BCUT2D eigenvalue weighted by molar-refractivity contribution is -0.385. The van der Waals surface area contributed by atoms with E-state index < -0.39 is 0 Å². The van der Waals surface area contributed by atoms with E-state index in [-0.39, 0.29) is 10.6 Å². The van der Waals surface area contributed by atoms with Gasteiger partial charge in [0.15, 0.2) is 0 Å². The van der Waals surface area contributed by atoms with Crippen LogP contribution in [0.1, 0.15) is 25.3 Å². The number of methoxy groups -OCH3 is 1. The van der Waals surface area contributed by atoms with Crippen molar-refractivity contribution < 1.29 is 9.66 Å². The molecule has 1 heterocycles. The van der Waals surface area contributed by atoms with Crippen molar-refractivity contribution in [2.75, 3.05) is 33.3 Å². The van der Waals surface area contributed by atoms with Crippen molar-refractivity contribution in [1.82, 2.24) is 10.2 Å². The lowest BCUT2D eigenvalue weighted by atomic mass is 9.96. The van der Waals surface area contributed by atoms with Crippen molar-refractivity contribution in [2.24, 2.45) is 5.92 Å². The Labute approximate surface area is 131 Å². The summed E-state index contributed by atoms with van der Waals surface area (Å²) in [5.74, 6) is 1.46. The maximum Gasteiger partial charge on any atom is 0.270 e. The van der Waals surface area contributed by atoms with Crippen LogP contribution in [0.3, 0.4) is 0 Å². The summed E-state index contributed by atoms with van der Waals surface area (Å²) in [4.78, 5) is 12.9. The molecule has 1 N–H and O–H groups in total. The molecule has 1 aromatic rings. The van der Waals surface area contributed by atoms with Gasteiger partial charge >= 0.3 is 0 Å². The standard InChI is InChI=1S/C16H25N3O3/c1-3-17-11-13-6-8-18(9-7-13)12-14-10-15(19(20)21)4-5-16(14)22-2/h4-5,10,13,17H,3,6-9,11-12H2,1-2H3. The lowest BCUT2D eigenvalue weighted by Crippen LogP contribution is -2.36. The molecule has 0 atom stereocenters. The average molecular weight is 307 g/mol. The number of nitro benzene ring substituents is 1. The Morgan fingerprint density at radius 1 is 1.41 bits per heavy atom. The zero-order valence-corrected chi connectivity index (χ0v) is 13.4.